The zero-order chi connectivity index (χ0) is 19.3. The highest BCUT2D eigenvalue weighted by Gasteiger charge is 2.49. The Balaban J connectivity index is 1.77. The molecule has 0 atom stereocenters. The van der Waals surface area contributed by atoms with Gasteiger partial charge in [0.1, 0.15) is 12.1 Å². The Morgan fingerprint density at radius 3 is 2.35 bits per heavy atom. The number of nitrogens with one attached hydrogen (secondary N) is 2. The number of hydrogen-bond acceptors (Lipinski definition) is 5. The van der Waals surface area contributed by atoms with Gasteiger partial charge in [-0.05, 0) is 44.4 Å². The molecular weight excluding hydrogens is 338 g/mol. The lowest BCUT2D eigenvalue weighted by molar-refractivity contribution is -0.151. The van der Waals surface area contributed by atoms with Gasteiger partial charge in [-0.25, -0.2) is 4.79 Å². The molecular formula is C18H29N3O5. The fourth-order valence-electron chi connectivity index (χ4n) is 3.54. The van der Waals surface area contributed by atoms with Crippen LogP contribution >= 0.6 is 0 Å². The van der Waals surface area contributed by atoms with E-state index in [4.69, 9.17) is 4.74 Å². The van der Waals surface area contributed by atoms with Crippen LogP contribution in [-0.4, -0.2) is 53.4 Å². The molecule has 1 saturated heterocycles. The summed E-state index contributed by atoms with van der Waals surface area (Å²) in [6.45, 7) is 4.92. The summed E-state index contributed by atoms with van der Waals surface area (Å²) < 4.78 is 4.94. The normalized spacial score (nSPS) is 25.0. The van der Waals surface area contributed by atoms with E-state index in [-0.39, 0.29) is 11.9 Å². The highest BCUT2D eigenvalue weighted by atomic mass is 16.5. The second kappa shape index (κ2) is 8.51. The molecule has 1 aliphatic heterocycles. The maximum Gasteiger partial charge on any atom is 0.326 e. The Labute approximate surface area is 154 Å². The van der Waals surface area contributed by atoms with Crippen LogP contribution in [-0.2, 0) is 19.1 Å². The highest BCUT2D eigenvalue weighted by Crippen LogP contribution is 2.25. The van der Waals surface area contributed by atoms with E-state index >= 15 is 0 Å². The summed E-state index contributed by atoms with van der Waals surface area (Å²) in [6.07, 6.45) is 4.91. The summed E-state index contributed by atoms with van der Waals surface area (Å²) in [5.74, 6) is -0.871. The van der Waals surface area contributed by atoms with E-state index in [1.165, 1.54) is 0 Å². The lowest BCUT2D eigenvalue weighted by atomic mass is 9.87. The van der Waals surface area contributed by atoms with Crippen LogP contribution in [0, 0.1) is 5.92 Å². The first-order valence-electron chi connectivity index (χ1n) is 9.40. The molecule has 1 saturated carbocycles. The summed E-state index contributed by atoms with van der Waals surface area (Å²) in [7, 11) is 0. The van der Waals surface area contributed by atoms with Crippen LogP contribution in [0.4, 0.5) is 4.79 Å². The van der Waals surface area contributed by atoms with Crippen LogP contribution in [0.2, 0.25) is 0 Å². The van der Waals surface area contributed by atoms with Crippen LogP contribution in [0.1, 0.15) is 59.3 Å². The van der Waals surface area contributed by atoms with E-state index in [9.17, 15) is 19.2 Å². The van der Waals surface area contributed by atoms with Gasteiger partial charge >= 0.3 is 12.0 Å². The molecule has 26 heavy (non-hydrogen) atoms. The van der Waals surface area contributed by atoms with E-state index in [2.05, 4.69) is 17.6 Å². The van der Waals surface area contributed by atoms with Crippen molar-refractivity contribution in [3.05, 3.63) is 0 Å². The Morgan fingerprint density at radius 2 is 1.81 bits per heavy atom. The zero-order valence-electron chi connectivity index (χ0n) is 15.8. The van der Waals surface area contributed by atoms with Gasteiger partial charge < -0.3 is 15.4 Å². The van der Waals surface area contributed by atoms with E-state index in [0.717, 1.165) is 30.6 Å². The van der Waals surface area contributed by atoms with Crippen LogP contribution in [0.25, 0.3) is 0 Å². The van der Waals surface area contributed by atoms with Gasteiger partial charge in [0.25, 0.3) is 11.8 Å². The van der Waals surface area contributed by atoms with Gasteiger partial charge in [0.05, 0.1) is 0 Å². The molecule has 0 aromatic rings. The fourth-order valence-corrected chi connectivity index (χ4v) is 3.54. The number of amides is 4. The van der Waals surface area contributed by atoms with Crippen molar-refractivity contribution in [1.82, 2.24) is 15.5 Å². The standard InChI is InChI=1S/C18H29N3O5/c1-4-18(5-2)16(24)21(17(25)20-18)10-15(23)26-11-14(22)19-13-8-6-12(3)7-9-13/h12-13H,4-11H2,1-3H3,(H,19,22)(H,20,25). The van der Waals surface area contributed by atoms with Gasteiger partial charge in [0.15, 0.2) is 6.61 Å². The molecule has 0 unspecified atom stereocenters. The van der Waals surface area contributed by atoms with Crippen molar-refractivity contribution in [2.45, 2.75) is 70.9 Å². The molecule has 0 bridgehead atoms. The van der Waals surface area contributed by atoms with Gasteiger partial charge in [-0.1, -0.05) is 20.8 Å². The second-order valence-electron chi connectivity index (χ2n) is 7.30. The average molecular weight is 367 g/mol. The van der Waals surface area contributed by atoms with Crippen LogP contribution < -0.4 is 10.6 Å². The average Bonchev–Trinajstić information content (AvgIpc) is 2.86. The Bertz CT molecular complexity index is 565. The number of urea groups is 1. The molecule has 0 radical (unpaired) electrons. The molecule has 0 aromatic heterocycles. The van der Waals surface area contributed by atoms with E-state index in [1.54, 1.807) is 13.8 Å². The van der Waals surface area contributed by atoms with E-state index in [0.29, 0.717) is 18.8 Å². The Kier molecular flexibility index (Phi) is 6.61. The zero-order valence-corrected chi connectivity index (χ0v) is 15.8. The minimum atomic E-state index is -0.952. The number of ether oxygens (including phenoxy) is 1. The molecule has 146 valence electrons. The fraction of sp³-hybridized carbons (Fsp3) is 0.778. The van der Waals surface area contributed by atoms with Crippen molar-refractivity contribution < 1.29 is 23.9 Å². The Hall–Kier alpha value is -2.12. The molecule has 0 aromatic carbocycles. The predicted molar refractivity (Wildman–Crippen MR) is 94.1 cm³/mol. The van der Waals surface area contributed by atoms with Crippen molar-refractivity contribution in [3.8, 4) is 0 Å². The lowest BCUT2D eigenvalue weighted by Gasteiger charge is -2.26. The van der Waals surface area contributed by atoms with Gasteiger partial charge in [-0.3, -0.25) is 19.3 Å². The molecule has 1 heterocycles. The van der Waals surface area contributed by atoms with Crippen LogP contribution in [0.5, 0.6) is 0 Å². The number of carbonyl (C=O) groups excluding carboxylic acids is 4. The van der Waals surface area contributed by atoms with E-state index < -0.39 is 36.6 Å². The molecule has 4 amide bonds. The first-order chi connectivity index (χ1) is 12.3. The first-order valence-corrected chi connectivity index (χ1v) is 9.40. The number of nitrogens with zero attached hydrogens (tertiary/aromatic N) is 1. The minimum absolute atomic E-state index is 0.123. The predicted octanol–water partition coefficient (Wildman–Crippen LogP) is 1.34. The summed E-state index contributed by atoms with van der Waals surface area (Å²) in [6, 6.07) is -0.477. The molecule has 2 rings (SSSR count). The SMILES string of the molecule is CCC1(CC)NC(=O)N(CC(=O)OCC(=O)NC2CCC(C)CC2)C1=O. The van der Waals surface area contributed by atoms with Crippen molar-refractivity contribution in [2.75, 3.05) is 13.2 Å². The largest absolute Gasteiger partial charge is 0.454 e. The minimum Gasteiger partial charge on any atom is -0.454 e. The Morgan fingerprint density at radius 1 is 1.19 bits per heavy atom. The van der Waals surface area contributed by atoms with E-state index in [1.807, 2.05) is 0 Å². The number of imide groups is 1. The smallest absolute Gasteiger partial charge is 0.326 e. The number of rotatable bonds is 7. The van der Waals surface area contributed by atoms with Crippen molar-refractivity contribution in [1.29, 1.82) is 0 Å². The van der Waals surface area contributed by atoms with Crippen LogP contribution in [0.15, 0.2) is 0 Å². The lowest BCUT2D eigenvalue weighted by Crippen LogP contribution is -2.46. The maximum absolute atomic E-state index is 12.4. The molecule has 0 spiro atoms. The molecule has 2 N–H and O–H groups in total. The summed E-state index contributed by atoms with van der Waals surface area (Å²) >= 11 is 0. The molecule has 8 nitrogen and oxygen atoms in total. The van der Waals surface area contributed by atoms with Gasteiger partial charge in [0, 0.05) is 6.04 Å². The molecule has 2 fully saturated rings. The quantitative estimate of drug-likeness (QED) is 0.522. The van der Waals surface area contributed by atoms with Crippen molar-refractivity contribution >= 4 is 23.8 Å². The number of esters is 1. The monoisotopic (exact) mass is 367 g/mol. The molecule has 2 aliphatic rings. The third kappa shape index (κ3) is 4.53. The number of carbonyl (C=O) groups is 4. The topological polar surface area (TPSA) is 105 Å². The van der Waals surface area contributed by atoms with Crippen LogP contribution in [0.3, 0.4) is 0 Å². The summed E-state index contributed by atoms with van der Waals surface area (Å²) in [4.78, 5) is 49.1. The summed E-state index contributed by atoms with van der Waals surface area (Å²) in [5.41, 5.74) is -0.952. The third-order valence-electron chi connectivity index (χ3n) is 5.49. The van der Waals surface area contributed by atoms with Gasteiger partial charge in [-0.15, -0.1) is 0 Å². The van der Waals surface area contributed by atoms with Crippen molar-refractivity contribution in [3.63, 3.8) is 0 Å². The highest BCUT2D eigenvalue weighted by molar-refractivity contribution is 6.08. The molecule has 1 aliphatic carbocycles. The van der Waals surface area contributed by atoms with Gasteiger partial charge in [0.2, 0.25) is 0 Å². The third-order valence-corrected chi connectivity index (χ3v) is 5.49. The number of hydrogen-bond donors (Lipinski definition) is 2. The van der Waals surface area contributed by atoms with Gasteiger partial charge in [-0.2, -0.15) is 0 Å². The molecule has 8 heteroatoms. The second-order valence-corrected chi connectivity index (χ2v) is 7.30. The summed E-state index contributed by atoms with van der Waals surface area (Å²) in [5, 5.41) is 5.51. The first kappa shape index (κ1) is 20.2. The van der Waals surface area contributed by atoms with Crippen molar-refractivity contribution in [2.24, 2.45) is 5.92 Å². The maximum atomic E-state index is 12.4.